The zero-order valence-corrected chi connectivity index (χ0v) is 14.9. The molecule has 1 heterocycles. The second kappa shape index (κ2) is 8.48. The summed E-state index contributed by atoms with van der Waals surface area (Å²) in [5.41, 5.74) is 0.824. The quantitative estimate of drug-likeness (QED) is 0.257. The lowest BCUT2D eigenvalue weighted by Gasteiger charge is -2.08. The van der Waals surface area contributed by atoms with Crippen LogP contribution in [-0.2, 0) is 19.1 Å². The lowest BCUT2D eigenvalue weighted by atomic mass is 10.1. The number of nitrogens with zero attached hydrogens (tertiary/aromatic N) is 1. The van der Waals surface area contributed by atoms with E-state index in [9.17, 15) is 9.59 Å². The molecule has 0 aliphatic heterocycles. The summed E-state index contributed by atoms with van der Waals surface area (Å²) in [4.78, 5) is 28.4. The molecule has 1 aromatic heterocycles. The van der Waals surface area contributed by atoms with Crippen LogP contribution < -0.4 is 4.74 Å². The monoisotopic (exact) mass is 363 g/mol. The van der Waals surface area contributed by atoms with Gasteiger partial charge in [0.15, 0.2) is 0 Å². The Balaban J connectivity index is 2.54. The third-order valence-corrected chi connectivity index (χ3v) is 3.60. The Morgan fingerprint density at radius 1 is 1.12 bits per heavy atom. The summed E-state index contributed by atoms with van der Waals surface area (Å²) in [7, 11) is 1.56. The van der Waals surface area contributed by atoms with Gasteiger partial charge >= 0.3 is 11.9 Å². The van der Waals surface area contributed by atoms with E-state index in [2.05, 4.69) is 4.98 Å². The van der Waals surface area contributed by atoms with Gasteiger partial charge in [0, 0.05) is 10.9 Å². The van der Waals surface area contributed by atoms with Gasteiger partial charge in [0.1, 0.15) is 16.5 Å². The average Bonchev–Trinajstić information content (AvgIpc) is 2.59. The van der Waals surface area contributed by atoms with Crippen molar-refractivity contribution in [1.82, 2.24) is 4.98 Å². The number of esters is 2. The van der Waals surface area contributed by atoms with Gasteiger partial charge in [0.25, 0.3) is 0 Å². The molecule has 6 nitrogen and oxygen atoms in total. The number of hydrogen-bond acceptors (Lipinski definition) is 6. The normalized spacial score (nSPS) is 10.2. The van der Waals surface area contributed by atoms with Gasteiger partial charge in [-0.2, -0.15) is 0 Å². The molecule has 0 spiro atoms. The van der Waals surface area contributed by atoms with Crippen molar-refractivity contribution >= 4 is 40.5 Å². The minimum absolute atomic E-state index is 0.135. The first-order chi connectivity index (χ1) is 12.0. The molecule has 0 N–H and O–H groups in total. The van der Waals surface area contributed by atoms with Gasteiger partial charge in [0.05, 0.1) is 25.8 Å². The predicted octanol–water partition coefficient (Wildman–Crippen LogP) is 3.41. The maximum atomic E-state index is 12.1. The molecular weight excluding hydrogens is 346 g/mol. The van der Waals surface area contributed by atoms with E-state index >= 15 is 0 Å². The molecule has 0 aliphatic carbocycles. The number of rotatable bonds is 6. The summed E-state index contributed by atoms with van der Waals surface area (Å²) in [6.45, 7) is 3.57. The highest BCUT2D eigenvalue weighted by atomic mass is 35.5. The third kappa shape index (κ3) is 4.48. The summed E-state index contributed by atoms with van der Waals surface area (Å²) in [5.74, 6) is -0.895. The fourth-order valence-corrected chi connectivity index (χ4v) is 2.35. The Hall–Kier alpha value is -2.60. The molecule has 0 atom stereocenters. The zero-order chi connectivity index (χ0) is 18.4. The van der Waals surface area contributed by atoms with Gasteiger partial charge in [0.2, 0.25) is 0 Å². The van der Waals surface area contributed by atoms with E-state index in [4.69, 9.17) is 25.8 Å². The molecule has 0 aliphatic rings. The molecule has 0 saturated heterocycles. The van der Waals surface area contributed by atoms with Gasteiger partial charge in [-0.25, -0.2) is 14.6 Å². The lowest BCUT2D eigenvalue weighted by Crippen LogP contribution is -2.18. The molecule has 0 saturated carbocycles. The number of fused-ring (bicyclic) bond motifs is 1. The van der Waals surface area contributed by atoms with Crippen LogP contribution in [0, 0.1) is 0 Å². The first kappa shape index (κ1) is 18.7. The van der Waals surface area contributed by atoms with E-state index in [0.717, 1.165) is 5.39 Å². The minimum Gasteiger partial charge on any atom is -0.497 e. The molecule has 132 valence electrons. The molecule has 1 aromatic carbocycles. The molecule has 7 heteroatoms. The Kier molecular flexibility index (Phi) is 6.36. The van der Waals surface area contributed by atoms with E-state index in [0.29, 0.717) is 16.8 Å². The smallest absolute Gasteiger partial charge is 0.345 e. The van der Waals surface area contributed by atoms with Crippen molar-refractivity contribution in [3.05, 3.63) is 40.6 Å². The molecule has 0 fully saturated rings. The van der Waals surface area contributed by atoms with Crippen LogP contribution >= 0.6 is 11.6 Å². The largest absolute Gasteiger partial charge is 0.497 e. The SMILES string of the molecule is CCOC(=O)C(=Cc1cc2cc(OC)ccc2nc1Cl)C(=O)OCC. The summed E-state index contributed by atoms with van der Waals surface area (Å²) < 4.78 is 15.0. The molecule has 0 unspecified atom stereocenters. The van der Waals surface area contributed by atoms with Crippen molar-refractivity contribution in [1.29, 1.82) is 0 Å². The number of carbonyl (C=O) groups is 2. The van der Waals surface area contributed by atoms with Crippen LogP contribution in [0.3, 0.4) is 0 Å². The highest BCUT2D eigenvalue weighted by molar-refractivity contribution is 6.32. The average molecular weight is 364 g/mol. The molecular formula is C18H18ClNO5. The van der Waals surface area contributed by atoms with Crippen LogP contribution in [0.15, 0.2) is 29.8 Å². The van der Waals surface area contributed by atoms with E-state index in [-0.39, 0.29) is 23.9 Å². The van der Waals surface area contributed by atoms with Crippen LogP contribution in [0.4, 0.5) is 0 Å². The summed E-state index contributed by atoms with van der Waals surface area (Å²) in [6, 6.07) is 7.03. The fourth-order valence-electron chi connectivity index (χ4n) is 2.15. The fraction of sp³-hybridized carbons (Fsp3) is 0.278. The van der Waals surface area contributed by atoms with Crippen LogP contribution in [0.5, 0.6) is 5.75 Å². The summed E-state index contributed by atoms with van der Waals surface area (Å²) in [6.07, 6.45) is 1.32. The molecule has 25 heavy (non-hydrogen) atoms. The maximum absolute atomic E-state index is 12.1. The number of aromatic nitrogens is 1. The van der Waals surface area contributed by atoms with Crippen molar-refractivity contribution in [2.75, 3.05) is 20.3 Å². The predicted molar refractivity (Wildman–Crippen MR) is 94.5 cm³/mol. The standard InChI is InChI=1S/C18H18ClNO5/c1-4-24-17(21)14(18(22)25-5-2)10-12-8-11-9-13(23-3)6-7-15(11)20-16(12)19/h6-10H,4-5H2,1-3H3. The highest BCUT2D eigenvalue weighted by Gasteiger charge is 2.21. The second-order valence-corrected chi connectivity index (χ2v) is 5.28. The van der Waals surface area contributed by atoms with Crippen LogP contribution in [0.2, 0.25) is 5.15 Å². The number of benzene rings is 1. The van der Waals surface area contributed by atoms with Crippen molar-refractivity contribution in [2.24, 2.45) is 0 Å². The first-order valence-electron chi connectivity index (χ1n) is 7.70. The van der Waals surface area contributed by atoms with Gasteiger partial charge < -0.3 is 14.2 Å². The Morgan fingerprint density at radius 3 is 2.32 bits per heavy atom. The zero-order valence-electron chi connectivity index (χ0n) is 14.2. The number of ether oxygens (including phenoxy) is 3. The van der Waals surface area contributed by atoms with Crippen molar-refractivity contribution in [2.45, 2.75) is 13.8 Å². The minimum atomic E-state index is -0.775. The Bertz CT molecular complexity index is 812. The van der Waals surface area contributed by atoms with E-state index in [1.54, 1.807) is 45.2 Å². The Morgan fingerprint density at radius 2 is 1.76 bits per heavy atom. The van der Waals surface area contributed by atoms with Crippen molar-refractivity contribution < 1.29 is 23.8 Å². The van der Waals surface area contributed by atoms with Gasteiger partial charge in [-0.3, -0.25) is 0 Å². The van der Waals surface area contributed by atoms with E-state index < -0.39 is 11.9 Å². The van der Waals surface area contributed by atoms with Crippen molar-refractivity contribution in [3.63, 3.8) is 0 Å². The number of pyridine rings is 1. The molecule has 0 radical (unpaired) electrons. The van der Waals surface area contributed by atoms with Gasteiger partial charge in [-0.15, -0.1) is 0 Å². The molecule has 2 rings (SSSR count). The number of carbonyl (C=O) groups excluding carboxylic acids is 2. The lowest BCUT2D eigenvalue weighted by molar-refractivity contribution is -0.146. The Labute approximate surface area is 150 Å². The number of hydrogen-bond donors (Lipinski definition) is 0. The second-order valence-electron chi connectivity index (χ2n) is 4.93. The number of halogens is 1. The van der Waals surface area contributed by atoms with Gasteiger partial charge in [-0.1, -0.05) is 11.6 Å². The van der Waals surface area contributed by atoms with E-state index in [1.165, 1.54) is 6.08 Å². The third-order valence-electron chi connectivity index (χ3n) is 3.29. The van der Waals surface area contributed by atoms with E-state index in [1.807, 2.05) is 0 Å². The van der Waals surface area contributed by atoms with Crippen LogP contribution in [0.1, 0.15) is 19.4 Å². The topological polar surface area (TPSA) is 74.7 Å². The van der Waals surface area contributed by atoms with Crippen molar-refractivity contribution in [3.8, 4) is 5.75 Å². The summed E-state index contributed by atoms with van der Waals surface area (Å²) >= 11 is 6.19. The molecule has 0 bridgehead atoms. The van der Waals surface area contributed by atoms with Gasteiger partial charge in [-0.05, 0) is 44.2 Å². The maximum Gasteiger partial charge on any atom is 0.345 e. The van der Waals surface area contributed by atoms with Crippen LogP contribution in [-0.4, -0.2) is 37.2 Å². The highest BCUT2D eigenvalue weighted by Crippen LogP contribution is 2.26. The molecule has 0 amide bonds. The van der Waals surface area contributed by atoms with Crippen LogP contribution in [0.25, 0.3) is 17.0 Å². The number of methoxy groups -OCH3 is 1. The summed E-state index contributed by atoms with van der Waals surface area (Å²) in [5, 5.41) is 0.908. The molecule has 2 aromatic rings. The first-order valence-corrected chi connectivity index (χ1v) is 8.08.